The summed E-state index contributed by atoms with van der Waals surface area (Å²) in [6.07, 6.45) is 3.04. The predicted octanol–water partition coefficient (Wildman–Crippen LogP) is 2.64. The van der Waals surface area contributed by atoms with Crippen LogP contribution in [-0.4, -0.2) is 28.7 Å². The summed E-state index contributed by atoms with van der Waals surface area (Å²) in [5.74, 6) is -0.205. The molecule has 0 saturated heterocycles. The van der Waals surface area contributed by atoms with Crippen LogP contribution in [-0.2, 0) is 10.5 Å². The highest BCUT2D eigenvalue weighted by Crippen LogP contribution is 2.47. The normalized spacial score (nSPS) is 22.3. The lowest BCUT2D eigenvalue weighted by atomic mass is 9.88. The van der Waals surface area contributed by atoms with Gasteiger partial charge in [0.2, 0.25) is 5.91 Å². The molecule has 0 radical (unpaired) electrons. The van der Waals surface area contributed by atoms with E-state index >= 15 is 0 Å². The third-order valence-electron chi connectivity index (χ3n) is 4.74. The summed E-state index contributed by atoms with van der Waals surface area (Å²) in [7, 11) is 1.74. The minimum Gasteiger partial charge on any atom is -0.311 e. The topological polar surface area (TPSA) is 40.6 Å². The zero-order valence-corrected chi connectivity index (χ0v) is 13.0. The number of nitrogens with zero attached hydrogens (tertiary/aromatic N) is 2. The van der Waals surface area contributed by atoms with E-state index in [0.29, 0.717) is 5.56 Å². The molecule has 23 heavy (non-hydrogen) atoms. The van der Waals surface area contributed by atoms with Gasteiger partial charge >= 0.3 is 0 Å². The largest absolute Gasteiger partial charge is 0.311 e. The first-order chi connectivity index (χ1) is 11.1. The molecule has 2 aromatic rings. The Morgan fingerprint density at radius 3 is 2.39 bits per heavy atom. The highest BCUT2D eigenvalue weighted by molar-refractivity contribution is 6.04. The Labute approximate surface area is 134 Å². The van der Waals surface area contributed by atoms with Crippen molar-refractivity contribution in [3.63, 3.8) is 0 Å². The number of carbonyl (C=O) groups is 2. The minimum absolute atomic E-state index is 0.0863. The maximum Gasteiger partial charge on any atom is 0.260 e. The first-order valence-corrected chi connectivity index (χ1v) is 7.53. The van der Waals surface area contributed by atoms with Crippen LogP contribution >= 0.6 is 0 Å². The molecule has 4 nitrogen and oxygen atoms in total. The standard InChI is InChI=1S/C19H16N2O2/c1-13-7-9-14(10-8-13)19-16-6-4-3-5-15(16)18(23)21(19)12-11-17(22)20(19)2/h3-12H,1-2H3/t19-/m1/s1. The quantitative estimate of drug-likeness (QED) is 0.812. The number of hydrogen-bond acceptors (Lipinski definition) is 2. The summed E-state index contributed by atoms with van der Waals surface area (Å²) in [5.41, 5.74) is 2.61. The van der Waals surface area contributed by atoms with Gasteiger partial charge in [0.25, 0.3) is 5.91 Å². The van der Waals surface area contributed by atoms with Gasteiger partial charge in [-0.3, -0.25) is 14.5 Å². The summed E-state index contributed by atoms with van der Waals surface area (Å²) in [6.45, 7) is 2.02. The molecule has 114 valence electrons. The van der Waals surface area contributed by atoms with E-state index in [0.717, 1.165) is 16.7 Å². The third-order valence-corrected chi connectivity index (χ3v) is 4.74. The molecule has 4 heteroatoms. The number of aryl methyl sites for hydroxylation is 1. The van der Waals surface area contributed by atoms with Crippen molar-refractivity contribution in [3.05, 3.63) is 83.1 Å². The summed E-state index contributed by atoms with van der Waals surface area (Å²) in [6, 6.07) is 15.5. The summed E-state index contributed by atoms with van der Waals surface area (Å²) >= 11 is 0. The van der Waals surface area contributed by atoms with Gasteiger partial charge in [-0.25, -0.2) is 0 Å². The molecule has 0 aromatic heterocycles. The van der Waals surface area contributed by atoms with Crippen molar-refractivity contribution < 1.29 is 9.59 Å². The van der Waals surface area contributed by atoms with Gasteiger partial charge < -0.3 is 4.90 Å². The van der Waals surface area contributed by atoms with Crippen molar-refractivity contribution in [2.45, 2.75) is 12.6 Å². The fourth-order valence-electron chi connectivity index (χ4n) is 3.58. The molecule has 0 unspecified atom stereocenters. The molecular formula is C19H16N2O2. The highest BCUT2D eigenvalue weighted by atomic mass is 16.2. The van der Waals surface area contributed by atoms with Crippen LogP contribution in [0.15, 0.2) is 60.8 Å². The Bertz CT molecular complexity index is 854. The van der Waals surface area contributed by atoms with Crippen molar-refractivity contribution in [1.29, 1.82) is 0 Å². The fourth-order valence-corrected chi connectivity index (χ4v) is 3.58. The second-order valence-electron chi connectivity index (χ2n) is 5.97. The Kier molecular flexibility index (Phi) is 2.73. The van der Waals surface area contributed by atoms with E-state index in [9.17, 15) is 9.59 Å². The molecule has 1 atom stereocenters. The highest BCUT2D eigenvalue weighted by Gasteiger charge is 2.55. The van der Waals surface area contributed by atoms with E-state index in [4.69, 9.17) is 0 Å². The Hall–Kier alpha value is -2.88. The van der Waals surface area contributed by atoms with Gasteiger partial charge in [0.1, 0.15) is 0 Å². The van der Waals surface area contributed by atoms with Gasteiger partial charge in [-0.2, -0.15) is 0 Å². The van der Waals surface area contributed by atoms with E-state index in [1.54, 1.807) is 23.0 Å². The molecule has 2 aliphatic heterocycles. The molecule has 0 fully saturated rings. The number of likely N-dealkylation sites (N-methyl/N-ethyl adjacent to an activating group) is 1. The molecule has 2 heterocycles. The number of rotatable bonds is 1. The predicted molar refractivity (Wildman–Crippen MR) is 86.5 cm³/mol. The number of benzene rings is 2. The number of hydrogen-bond donors (Lipinski definition) is 0. The van der Waals surface area contributed by atoms with Crippen LogP contribution in [0.3, 0.4) is 0 Å². The van der Waals surface area contributed by atoms with Crippen LogP contribution < -0.4 is 0 Å². The monoisotopic (exact) mass is 304 g/mol. The van der Waals surface area contributed by atoms with Crippen LogP contribution in [0.1, 0.15) is 27.0 Å². The maximum atomic E-state index is 12.9. The van der Waals surface area contributed by atoms with Gasteiger partial charge in [-0.05, 0) is 13.0 Å². The lowest BCUT2D eigenvalue weighted by Crippen LogP contribution is -2.57. The summed E-state index contributed by atoms with van der Waals surface area (Å²) in [4.78, 5) is 28.6. The van der Waals surface area contributed by atoms with Crippen LogP contribution in [0, 0.1) is 6.92 Å². The second kappa shape index (κ2) is 4.56. The van der Waals surface area contributed by atoms with E-state index in [1.165, 1.54) is 6.08 Å². The lowest BCUT2D eigenvalue weighted by Gasteiger charge is -2.46. The van der Waals surface area contributed by atoms with Crippen LogP contribution in [0.25, 0.3) is 0 Å². The van der Waals surface area contributed by atoms with Gasteiger partial charge in [0.15, 0.2) is 5.66 Å². The van der Waals surface area contributed by atoms with Crippen LogP contribution in [0.5, 0.6) is 0 Å². The fraction of sp³-hybridized carbons (Fsp3) is 0.158. The first kappa shape index (κ1) is 13.8. The summed E-state index contributed by atoms with van der Waals surface area (Å²) in [5, 5.41) is 0. The van der Waals surface area contributed by atoms with Gasteiger partial charge in [0, 0.05) is 36.0 Å². The molecule has 2 amide bonds. The van der Waals surface area contributed by atoms with Crippen LogP contribution in [0.2, 0.25) is 0 Å². The van der Waals surface area contributed by atoms with E-state index in [2.05, 4.69) is 0 Å². The smallest absolute Gasteiger partial charge is 0.260 e. The molecule has 0 bridgehead atoms. The maximum absolute atomic E-state index is 12.9. The molecule has 0 spiro atoms. The minimum atomic E-state index is -0.910. The SMILES string of the molecule is Cc1ccc([C@]23c4ccccc4C(=O)N2C=CC(=O)N3C)cc1. The Morgan fingerprint density at radius 1 is 0.957 bits per heavy atom. The summed E-state index contributed by atoms with van der Waals surface area (Å²) < 4.78 is 0. The van der Waals surface area contributed by atoms with Crippen molar-refractivity contribution in [1.82, 2.24) is 9.80 Å². The molecule has 2 aromatic carbocycles. The molecule has 2 aliphatic rings. The first-order valence-electron chi connectivity index (χ1n) is 7.53. The molecule has 4 rings (SSSR count). The van der Waals surface area contributed by atoms with E-state index in [1.807, 2.05) is 55.5 Å². The third kappa shape index (κ3) is 1.60. The molecular weight excluding hydrogens is 288 g/mol. The van der Waals surface area contributed by atoms with Crippen molar-refractivity contribution in [3.8, 4) is 0 Å². The molecule has 0 aliphatic carbocycles. The van der Waals surface area contributed by atoms with Crippen molar-refractivity contribution >= 4 is 11.8 Å². The van der Waals surface area contributed by atoms with Gasteiger partial charge in [-0.15, -0.1) is 0 Å². The van der Waals surface area contributed by atoms with Crippen molar-refractivity contribution in [2.75, 3.05) is 7.05 Å². The zero-order chi connectivity index (χ0) is 16.2. The Morgan fingerprint density at radius 2 is 1.65 bits per heavy atom. The van der Waals surface area contributed by atoms with Crippen molar-refractivity contribution in [2.24, 2.45) is 0 Å². The molecule has 0 N–H and O–H groups in total. The van der Waals surface area contributed by atoms with Gasteiger partial charge in [0.05, 0.1) is 0 Å². The number of carbonyl (C=O) groups excluding carboxylic acids is 2. The number of amides is 2. The average molecular weight is 304 g/mol. The van der Waals surface area contributed by atoms with Crippen LogP contribution in [0.4, 0.5) is 0 Å². The molecule has 0 saturated carbocycles. The zero-order valence-electron chi connectivity index (χ0n) is 13.0. The lowest BCUT2D eigenvalue weighted by molar-refractivity contribution is -0.135. The van der Waals surface area contributed by atoms with E-state index in [-0.39, 0.29) is 11.8 Å². The second-order valence-corrected chi connectivity index (χ2v) is 5.97. The number of fused-ring (bicyclic) bond motifs is 3. The average Bonchev–Trinajstić information content (AvgIpc) is 2.83. The van der Waals surface area contributed by atoms with Gasteiger partial charge in [-0.1, -0.05) is 48.0 Å². The van der Waals surface area contributed by atoms with E-state index < -0.39 is 5.66 Å². The Balaban J connectivity index is 2.08.